The number of ether oxygens (including phenoxy) is 1. The molecule has 0 radical (unpaired) electrons. The second-order valence-electron chi connectivity index (χ2n) is 6.30. The van der Waals surface area contributed by atoms with E-state index in [1.165, 1.54) is 25.7 Å². The van der Waals surface area contributed by atoms with Crippen molar-refractivity contribution in [2.24, 2.45) is 5.92 Å². The van der Waals surface area contributed by atoms with E-state index in [2.05, 4.69) is 49.9 Å². The van der Waals surface area contributed by atoms with Gasteiger partial charge in [0.1, 0.15) is 11.6 Å². The number of anilines is 1. The lowest BCUT2D eigenvalue weighted by Crippen LogP contribution is -2.10. The molecular formula is C17H31N3O. The monoisotopic (exact) mass is 293 g/mol. The minimum Gasteiger partial charge on any atom is -0.477 e. The minimum atomic E-state index is 0.299. The molecule has 4 nitrogen and oxygen atoms in total. The fourth-order valence-electron chi connectivity index (χ4n) is 1.89. The van der Waals surface area contributed by atoms with Gasteiger partial charge in [0.05, 0.1) is 6.61 Å². The molecule has 0 spiro atoms. The maximum absolute atomic E-state index is 5.75. The molecule has 120 valence electrons. The lowest BCUT2D eigenvalue weighted by Gasteiger charge is -2.13. The number of aromatic nitrogens is 2. The summed E-state index contributed by atoms with van der Waals surface area (Å²) in [6.45, 7) is 12.3. The highest BCUT2D eigenvalue weighted by atomic mass is 16.5. The molecule has 0 unspecified atom stereocenters. The summed E-state index contributed by atoms with van der Waals surface area (Å²) in [6.07, 6.45) is 5.00. The van der Waals surface area contributed by atoms with E-state index in [4.69, 9.17) is 4.74 Å². The van der Waals surface area contributed by atoms with Crippen LogP contribution in [0.4, 0.5) is 5.82 Å². The largest absolute Gasteiger partial charge is 0.477 e. The molecule has 0 saturated carbocycles. The van der Waals surface area contributed by atoms with Crippen LogP contribution in [0.2, 0.25) is 0 Å². The third kappa shape index (κ3) is 7.30. The Morgan fingerprint density at radius 1 is 1.10 bits per heavy atom. The standard InChI is InChI=1S/C17H31N3O/c1-6-7-8-9-10-18-15-11-16(21-12-13(2)3)20-17(19-15)14(4)5/h11,13-14H,6-10,12H2,1-5H3,(H,18,19,20). The lowest BCUT2D eigenvalue weighted by molar-refractivity contribution is 0.260. The van der Waals surface area contributed by atoms with E-state index in [1.54, 1.807) is 0 Å². The van der Waals surface area contributed by atoms with E-state index >= 15 is 0 Å². The first-order chi connectivity index (χ1) is 10.0. The molecule has 0 atom stereocenters. The van der Waals surface area contributed by atoms with Crippen molar-refractivity contribution >= 4 is 5.82 Å². The zero-order valence-corrected chi connectivity index (χ0v) is 14.3. The first kappa shape index (κ1) is 17.7. The maximum atomic E-state index is 5.75. The van der Waals surface area contributed by atoms with Gasteiger partial charge in [-0.2, -0.15) is 4.98 Å². The zero-order valence-electron chi connectivity index (χ0n) is 14.3. The average molecular weight is 293 g/mol. The van der Waals surface area contributed by atoms with Crippen LogP contribution in [0.15, 0.2) is 6.07 Å². The smallest absolute Gasteiger partial charge is 0.218 e. The molecule has 1 heterocycles. The van der Waals surface area contributed by atoms with Crippen molar-refractivity contribution in [2.45, 2.75) is 66.2 Å². The summed E-state index contributed by atoms with van der Waals surface area (Å²) in [5.41, 5.74) is 0. The van der Waals surface area contributed by atoms with Crippen LogP contribution in [0.25, 0.3) is 0 Å². The number of unbranched alkanes of at least 4 members (excludes halogenated alkanes) is 3. The van der Waals surface area contributed by atoms with Crippen LogP contribution in [0.1, 0.15) is 72.0 Å². The molecule has 0 aromatic carbocycles. The normalized spacial score (nSPS) is 11.2. The van der Waals surface area contributed by atoms with Gasteiger partial charge in [0.25, 0.3) is 0 Å². The predicted octanol–water partition coefficient (Wildman–Crippen LogP) is 4.63. The summed E-state index contributed by atoms with van der Waals surface area (Å²) >= 11 is 0. The lowest BCUT2D eigenvalue weighted by atomic mass is 10.2. The fraction of sp³-hybridized carbons (Fsp3) is 0.765. The van der Waals surface area contributed by atoms with E-state index in [1.807, 2.05) is 6.07 Å². The highest BCUT2D eigenvalue weighted by Crippen LogP contribution is 2.19. The van der Waals surface area contributed by atoms with Crippen molar-refractivity contribution in [1.29, 1.82) is 0 Å². The summed E-state index contributed by atoms with van der Waals surface area (Å²) in [7, 11) is 0. The molecular weight excluding hydrogens is 262 g/mol. The van der Waals surface area contributed by atoms with Gasteiger partial charge in [0.15, 0.2) is 0 Å². The molecule has 1 N–H and O–H groups in total. The van der Waals surface area contributed by atoms with Crippen molar-refractivity contribution in [3.63, 3.8) is 0 Å². The van der Waals surface area contributed by atoms with Crippen LogP contribution in [-0.2, 0) is 0 Å². The molecule has 0 amide bonds. The third-order valence-electron chi connectivity index (χ3n) is 3.14. The van der Waals surface area contributed by atoms with Gasteiger partial charge in [-0.15, -0.1) is 0 Å². The van der Waals surface area contributed by atoms with Crippen molar-refractivity contribution < 1.29 is 4.74 Å². The molecule has 0 aliphatic heterocycles. The summed E-state index contributed by atoms with van der Waals surface area (Å²) in [6, 6.07) is 1.91. The van der Waals surface area contributed by atoms with Crippen molar-refractivity contribution in [2.75, 3.05) is 18.5 Å². The molecule has 4 heteroatoms. The highest BCUT2D eigenvalue weighted by molar-refractivity contribution is 5.38. The van der Waals surface area contributed by atoms with E-state index in [-0.39, 0.29) is 0 Å². The average Bonchev–Trinajstić information content (AvgIpc) is 2.44. The van der Waals surface area contributed by atoms with Gasteiger partial charge < -0.3 is 10.1 Å². The van der Waals surface area contributed by atoms with Gasteiger partial charge in [-0.25, -0.2) is 4.98 Å². The first-order valence-electron chi connectivity index (χ1n) is 8.28. The van der Waals surface area contributed by atoms with E-state index < -0.39 is 0 Å². The van der Waals surface area contributed by atoms with Crippen LogP contribution >= 0.6 is 0 Å². The molecule has 1 rings (SSSR count). The Morgan fingerprint density at radius 3 is 2.48 bits per heavy atom. The van der Waals surface area contributed by atoms with Crippen LogP contribution in [0.3, 0.4) is 0 Å². The van der Waals surface area contributed by atoms with Gasteiger partial charge in [0.2, 0.25) is 5.88 Å². The first-order valence-corrected chi connectivity index (χ1v) is 8.28. The van der Waals surface area contributed by atoms with Gasteiger partial charge in [0, 0.05) is 18.5 Å². The maximum Gasteiger partial charge on any atom is 0.218 e. The molecule has 0 bridgehead atoms. The van der Waals surface area contributed by atoms with Crippen LogP contribution < -0.4 is 10.1 Å². The molecule has 1 aromatic heterocycles. The summed E-state index contributed by atoms with van der Waals surface area (Å²) in [5, 5.41) is 3.40. The van der Waals surface area contributed by atoms with Crippen LogP contribution in [0, 0.1) is 5.92 Å². The van der Waals surface area contributed by atoms with Gasteiger partial charge in [-0.3, -0.25) is 0 Å². The number of hydrogen-bond donors (Lipinski definition) is 1. The molecule has 21 heavy (non-hydrogen) atoms. The Hall–Kier alpha value is -1.32. The zero-order chi connectivity index (χ0) is 15.7. The SMILES string of the molecule is CCCCCCNc1cc(OCC(C)C)nc(C(C)C)n1. The molecule has 0 saturated heterocycles. The van der Waals surface area contributed by atoms with Crippen molar-refractivity contribution in [3.05, 3.63) is 11.9 Å². The Morgan fingerprint density at radius 2 is 1.86 bits per heavy atom. The predicted molar refractivity (Wildman–Crippen MR) is 89.1 cm³/mol. The summed E-state index contributed by atoms with van der Waals surface area (Å²) in [5.74, 6) is 3.19. The molecule has 0 aliphatic carbocycles. The third-order valence-corrected chi connectivity index (χ3v) is 3.14. The molecule has 0 fully saturated rings. The Bertz CT molecular complexity index is 405. The quantitative estimate of drug-likeness (QED) is 0.639. The number of nitrogens with one attached hydrogen (secondary N) is 1. The Kier molecular flexibility index (Phi) is 8.09. The number of hydrogen-bond acceptors (Lipinski definition) is 4. The minimum absolute atomic E-state index is 0.299. The second-order valence-corrected chi connectivity index (χ2v) is 6.30. The van der Waals surface area contributed by atoms with Crippen LogP contribution in [0.5, 0.6) is 5.88 Å². The molecule has 1 aromatic rings. The fourth-order valence-corrected chi connectivity index (χ4v) is 1.89. The summed E-state index contributed by atoms with van der Waals surface area (Å²) in [4.78, 5) is 9.06. The van der Waals surface area contributed by atoms with Gasteiger partial charge in [-0.05, 0) is 12.3 Å². The van der Waals surface area contributed by atoms with E-state index in [9.17, 15) is 0 Å². The van der Waals surface area contributed by atoms with E-state index in [0.717, 1.165) is 18.2 Å². The Balaban J connectivity index is 2.63. The summed E-state index contributed by atoms with van der Waals surface area (Å²) < 4.78 is 5.75. The number of rotatable bonds is 10. The number of nitrogens with zero attached hydrogens (tertiary/aromatic N) is 2. The van der Waals surface area contributed by atoms with Crippen molar-refractivity contribution in [1.82, 2.24) is 9.97 Å². The van der Waals surface area contributed by atoms with Crippen molar-refractivity contribution in [3.8, 4) is 5.88 Å². The van der Waals surface area contributed by atoms with Gasteiger partial charge in [-0.1, -0.05) is 53.9 Å². The Labute approximate surface area is 129 Å². The second kappa shape index (κ2) is 9.59. The van der Waals surface area contributed by atoms with Crippen LogP contribution in [-0.4, -0.2) is 23.1 Å². The van der Waals surface area contributed by atoms with E-state index in [0.29, 0.717) is 24.3 Å². The molecule has 0 aliphatic rings. The highest BCUT2D eigenvalue weighted by Gasteiger charge is 2.09. The topological polar surface area (TPSA) is 47.0 Å². The van der Waals surface area contributed by atoms with Gasteiger partial charge >= 0.3 is 0 Å².